The van der Waals surface area contributed by atoms with Crippen molar-refractivity contribution in [3.63, 3.8) is 0 Å². The van der Waals surface area contributed by atoms with Gasteiger partial charge in [0.1, 0.15) is 17.5 Å². The van der Waals surface area contributed by atoms with E-state index in [1.165, 1.54) is 4.90 Å². The molecular formula is C31H37NO9. The van der Waals surface area contributed by atoms with Gasteiger partial charge in [-0.1, -0.05) is 27.7 Å². The van der Waals surface area contributed by atoms with Crippen molar-refractivity contribution in [2.45, 2.75) is 59.0 Å². The number of benzene rings is 1. The molecule has 10 heteroatoms. The van der Waals surface area contributed by atoms with E-state index in [2.05, 4.69) is 0 Å². The van der Waals surface area contributed by atoms with E-state index in [1.54, 1.807) is 19.9 Å². The van der Waals surface area contributed by atoms with E-state index >= 15 is 0 Å². The number of carbonyl (C=O) groups excluding carboxylic acids is 6. The fraction of sp³-hybridized carbons (Fsp3) is 0.613. The number of carbonyl (C=O) groups is 6. The van der Waals surface area contributed by atoms with Gasteiger partial charge < -0.3 is 19.8 Å². The summed E-state index contributed by atoms with van der Waals surface area (Å²) < 4.78 is 5.33. The van der Waals surface area contributed by atoms with Crippen molar-refractivity contribution in [1.82, 2.24) is 4.90 Å². The van der Waals surface area contributed by atoms with Crippen LogP contribution in [0.1, 0.15) is 78.8 Å². The van der Waals surface area contributed by atoms with Crippen LogP contribution in [0.3, 0.4) is 0 Å². The van der Waals surface area contributed by atoms with Crippen molar-refractivity contribution in [3.05, 3.63) is 28.3 Å². The summed E-state index contributed by atoms with van der Waals surface area (Å²) in [4.78, 5) is 82.5. The first kappa shape index (κ1) is 29.3. The molecule has 1 aliphatic heterocycles. The van der Waals surface area contributed by atoms with Gasteiger partial charge >= 0.3 is 0 Å². The number of phenolic OH excluding ortho intramolecular Hbond substituents is 1. The van der Waals surface area contributed by atoms with Gasteiger partial charge in [0.05, 0.1) is 30.3 Å². The van der Waals surface area contributed by atoms with Crippen LogP contribution in [-0.2, 0) is 30.3 Å². The van der Waals surface area contributed by atoms with E-state index in [4.69, 9.17) is 4.74 Å². The molecule has 1 aromatic carbocycles. The molecule has 2 N–H and O–H groups in total. The molecule has 2 saturated carbocycles. The maximum atomic E-state index is 14.1. The summed E-state index contributed by atoms with van der Waals surface area (Å²) in [5, 5.41) is 23.2. The van der Waals surface area contributed by atoms with Gasteiger partial charge in [-0.2, -0.15) is 0 Å². The molecule has 3 aliphatic carbocycles. The van der Waals surface area contributed by atoms with Crippen LogP contribution in [0.2, 0.25) is 0 Å². The Hall–Kier alpha value is -3.24. The molecule has 5 rings (SSSR count). The van der Waals surface area contributed by atoms with Crippen molar-refractivity contribution in [2.24, 2.45) is 35.5 Å². The maximum absolute atomic E-state index is 14.1. The average molecular weight is 568 g/mol. The molecule has 5 unspecified atom stereocenters. The van der Waals surface area contributed by atoms with Crippen molar-refractivity contribution in [3.8, 4) is 5.75 Å². The fourth-order valence-corrected chi connectivity index (χ4v) is 7.68. The minimum Gasteiger partial charge on any atom is -0.506 e. The zero-order valence-electron chi connectivity index (χ0n) is 24.1. The average Bonchev–Trinajstić information content (AvgIpc) is 2.90. The van der Waals surface area contributed by atoms with Crippen LogP contribution < -0.4 is 0 Å². The van der Waals surface area contributed by atoms with Crippen LogP contribution in [0.25, 0.3) is 0 Å². The molecule has 41 heavy (non-hydrogen) atoms. The Bertz CT molecular complexity index is 1370. The van der Waals surface area contributed by atoms with Gasteiger partial charge in [-0.25, -0.2) is 0 Å². The Labute approximate surface area is 238 Å². The topological polar surface area (TPSA) is 155 Å². The van der Waals surface area contributed by atoms with Gasteiger partial charge in [0, 0.05) is 24.9 Å². The van der Waals surface area contributed by atoms with Crippen LogP contribution in [0.4, 0.5) is 0 Å². The molecule has 10 nitrogen and oxygen atoms in total. The third-order valence-electron chi connectivity index (χ3n) is 9.62. The first-order chi connectivity index (χ1) is 19.2. The van der Waals surface area contributed by atoms with E-state index in [0.717, 1.165) is 6.92 Å². The Morgan fingerprint density at radius 2 is 1.68 bits per heavy atom. The predicted octanol–water partition coefficient (Wildman–Crippen LogP) is 1.91. The summed E-state index contributed by atoms with van der Waals surface area (Å²) >= 11 is 0. The molecular weight excluding hydrogens is 530 g/mol. The molecule has 3 fully saturated rings. The minimum absolute atomic E-state index is 0.0446. The highest BCUT2D eigenvalue weighted by atomic mass is 16.5. The molecule has 1 saturated heterocycles. The van der Waals surface area contributed by atoms with Gasteiger partial charge in [-0.15, -0.1) is 0 Å². The SMILES string of the molecule is CC(=O)C1C(=O)C(C(C)C)C2CC3Cc4c(C(C)C)cc(C(=O)N5CCOCC5)c(O)c4C(=O)C3C(=O)[C@@]2(O)C1=O. The molecule has 0 radical (unpaired) electrons. The number of ketones is 5. The second-order valence-corrected chi connectivity index (χ2v) is 12.6. The smallest absolute Gasteiger partial charge is 0.257 e. The summed E-state index contributed by atoms with van der Waals surface area (Å²) in [6.45, 7) is 9.74. The molecule has 4 aliphatic rings. The van der Waals surface area contributed by atoms with E-state index < -0.39 is 75.8 Å². The lowest BCUT2D eigenvalue weighted by molar-refractivity contribution is -0.182. The molecule has 1 amide bonds. The molecule has 1 heterocycles. The summed E-state index contributed by atoms with van der Waals surface area (Å²) in [5.74, 6) is -11.6. The van der Waals surface area contributed by atoms with Gasteiger partial charge in [-0.3, -0.25) is 28.8 Å². The lowest BCUT2D eigenvalue weighted by Crippen LogP contribution is -2.70. The Balaban J connectivity index is 1.64. The number of hydrogen-bond donors (Lipinski definition) is 2. The number of ether oxygens (including phenoxy) is 1. The standard InChI is InChI=1S/C31H37NO9/c1-13(2)17-12-19(30(39)32-6-8-41-9-7-32)25(34)24-18(17)10-16-11-20-21(14(3)4)26(35)22(15(5)33)28(37)31(20,40)29(38)23(16)27(24)36/h12-14,16,20-23,34,40H,6-11H2,1-5H3/t16?,20?,21?,22?,23?,31-/m0/s1. The predicted molar refractivity (Wildman–Crippen MR) is 145 cm³/mol. The molecule has 0 bridgehead atoms. The quantitative estimate of drug-likeness (QED) is 0.519. The van der Waals surface area contributed by atoms with Crippen molar-refractivity contribution < 1.29 is 43.7 Å². The maximum Gasteiger partial charge on any atom is 0.257 e. The highest BCUT2D eigenvalue weighted by Crippen LogP contribution is 2.54. The summed E-state index contributed by atoms with van der Waals surface area (Å²) in [6.07, 6.45) is 0.246. The highest BCUT2D eigenvalue weighted by molar-refractivity contribution is 6.32. The number of rotatable bonds is 4. The van der Waals surface area contributed by atoms with Crippen molar-refractivity contribution in [2.75, 3.05) is 26.3 Å². The van der Waals surface area contributed by atoms with Gasteiger partial charge in [0.2, 0.25) is 0 Å². The highest BCUT2D eigenvalue weighted by Gasteiger charge is 2.69. The number of fused-ring (bicyclic) bond motifs is 3. The molecule has 220 valence electrons. The van der Waals surface area contributed by atoms with E-state index in [0.29, 0.717) is 37.4 Å². The lowest BCUT2D eigenvalue weighted by atomic mass is 9.49. The molecule has 6 atom stereocenters. The molecule has 1 aromatic rings. The largest absolute Gasteiger partial charge is 0.506 e. The summed E-state index contributed by atoms with van der Waals surface area (Å²) in [7, 11) is 0. The van der Waals surface area contributed by atoms with Gasteiger partial charge in [0.25, 0.3) is 5.91 Å². The molecule has 0 spiro atoms. The minimum atomic E-state index is -2.68. The normalized spacial score (nSPS) is 31.7. The zero-order chi connectivity index (χ0) is 30.1. The summed E-state index contributed by atoms with van der Waals surface area (Å²) in [6, 6.07) is 1.62. The second-order valence-electron chi connectivity index (χ2n) is 12.6. The van der Waals surface area contributed by atoms with E-state index in [9.17, 15) is 39.0 Å². The Morgan fingerprint density at radius 3 is 2.24 bits per heavy atom. The van der Waals surface area contributed by atoms with Gasteiger partial charge in [-0.05, 0) is 54.7 Å². The molecule has 0 aromatic heterocycles. The van der Waals surface area contributed by atoms with Crippen LogP contribution in [0.15, 0.2) is 6.07 Å². The number of Topliss-reactive ketones (excluding diaryl/α,β-unsaturated/α-hetero) is 5. The van der Waals surface area contributed by atoms with Crippen LogP contribution >= 0.6 is 0 Å². The third kappa shape index (κ3) is 4.21. The fourth-order valence-electron chi connectivity index (χ4n) is 7.68. The van der Waals surface area contributed by atoms with E-state index in [1.807, 2.05) is 13.8 Å². The Kier molecular flexibility index (Phi) is 7.31. The van der Waals surface area contributed by atoms with Crippen LogP contribution in [-0.4, -0.2) is 81.8 Å². The van der Waals surface area contributed by atoms with E-state index in [-0.39, 0.29) is 35.8 Å². The van der Waals surface area contributed by atoms with Crippen molar-refractivity contribution in [1.29, 1.82) is 0 Å². The second kappa shape index (κ2) is 10.2. The number of amides is 1. The van der Waals surface area contributed by atoms with Gasteiger partial charge in [0.15, 0.2) is 28.7 Å². The van der Waals surface area contributed by atoms with Crippen molar-refractivity contribution >= 4 is 34.8 Å². The lowest BCUT2D eigenvalue weighted by Gasteiger charge is -2.52. The number of aromatic hydroxyl groups is 1. The zero-order valence-corrected chi connectivity index (χ0v) is 24.1. The third-order valence-corrected chi connectivity index (χ3v) is 9.62. The number of aliphatic hydroxyl groups is 1. The first-order valence-corrected chi connectivity index (χ1v) is 14.4. The first-order valence-electron chi connectivity index (χ1n) is 14.4. The number of nitrogens with zero attached hydrogens (tertiary/aromatic N) is 1. The number of phenols is 1. The number of morpholine rings is 1. The Morgan fingerprint density at radius 1 is 1.05 bits per heavy atom. The summed E-state index contributed by atoms with van der Waals surface area (Å²) in [5.41, 5.74) is -1.62. The monoisotopic (exact) mass is 567 g/mol. The van der Waals surface area contributed by atoms with Crippen LogP contribution in [0, 0.1) is 35.5 Å². The number of hydrogen-bond acceptors (Lipinski definition) is 9. The van der Waals surface area contributed by atoms with Crippen LogP contribution in [0.5, 0.6) is 5.75 Å².